The number of hydrogen-bond donors (Lipinski definition) is 2. The van der Waals surface area contributed by atoms with E-state index in [4.69, 9.17) is 0 Å². The number of amides is 2. The molecule has 2 aromatic rings. The summed E-state index contributed by atoms with van der Waals surface area (Å²) in [6, 6.07) is 5.99. The van der Waals surface area contributed by atoms with Gasteiger partial charge in [0.05, 0.1) is 18.4 Å². The van der Waals surface area contributed by atoms with E-state index in [9.17, 15) is 32.7 Å². The fourth-order valence-electron chi connectivity index (χ4n) is 4.84. The Balaban J connectivity index is 1.85. The number of carbonyl (C=O) groups is 3. The molecule has 1 aliphatic heterocycles. The summed E-state index contributed by atoms with van der Waals surface area (Å²) in [4.78, 5) is 40.0. The van der Waals surface area contributed by atoms with Crippen LogP contribution >= 0.6 is 11.3 Å². The van der Waals surface area contributed by atoms with Crippen LogP contribution in [0.4, 0.5) is 13.2 Å². The van der Waals surface area contributed by atoms with Crippen molar-refractivity contribution < 1.29 is 32.7 Å². The molecule has 2 N–H and O–H groups in total. The smallest absolute Gasteiger partial charge is 0.392 e. The number of piperidine rings is 1. The van der Waals surface area contributed by atoms with Crippen LogP contribution in [0.2, 0.25) is 0 Å². The highest BCUT2D eigenvalue weighted by Crippen LogP contribution is 2.37. The van der Waals surface area contributed by atoms with Crippen LogP contribution in [0, 0.1) is 25.7 Å². The normalized spacial score (nSPS) is 18.1. The van der Waals surface area contributed by atoms with Crippen molar-refractivity contribution in [1.82, 2.24) is 10.2 Å². The van der Waals surface area contributed by atoms with Crippen molar-refractivity contribution >= 4 is 29.1 Å². The number of hydrogen-bond acceptors (Lipinski definition) is 4. The number of nitrogens with one attached hydrogen (secondary N) is 1. The standard InChI is InChI=1S/C27H33F3N2O4S/c1-15(2)10-21(32-9-8-19(12-23(32)33)27(28,29)30)26(36)31-20(13-24(34)35)18-11-22(37-14-18)25-16(3)6-5-7-17(25)4/h5-7,11,14-15,19-21H,8-10,12-13H2,1-4H3,(H,31,36)(H,34,35)/t19-,20?,21?/m1/s1. The molecule has 2 amide bonds. The Kier molecular flexibility index (Phi) is 9.05. The molecule has 1 aliphatic rings. The molecule has 202 valence electrons. The number of carboxylic acids is 1. The lowest BCUT2D eigenvalue weighted by Gasteiger charge is -2.38. The van der Waals surface area contributed by atoms with Crippen LogP contribution in [0.25, 0.3) is 10.4 Å². The van der Waals surface area contributed by atoms with Gasteiger partial charge in [-0.05, 0) is 66.3 Å². The molecule has 1 fully saturated rings. The average molecular weight is 539 g/mol. The van der Waals surface area contributed by atoms with E-state index in [0.29, 0.717) is 5.56 Å². The van der Waals surface area contributed by atoms with E-state index in [1.165, 1.54) is 16.2 Å². The highest BCUT2D eigenvalue weighted by molar-refractivity contribution is 7.13. The van der Waals surface area contributed by atoms with Crippen molar-refractivity contribution in [3.8, 4) is 10.4 Å². The Hall–Kier alpha value is -2.88. The summed E-state index contributed by atoms with van der Waals surface area (Å²) in [5.74, 6) is -4.10. The first-order valence-electron chi connectivity index (χ1n) is 12.3. The van der Waals surface area contributed by atoms with Crippen LogP contribution in [0.3, 0.4) is 0 Å². The number of likely N-dealkylation sites (tertiary alicyclic amines) is 1. The van der Waals surface area contributed by atoms with Crippen molar-refractivity contribution in [3.63, 3.8) is 0 Å². The van der Waals surface area contributed by atoms with Crippen molar-refractivity contribution in [3.05, 3.63) is 46.3 Å². The molecule has 1 aromatic heterocycles. The van der Waals surface area contributed by atoms with Gasteiger partial charge in [-0.25, -0.2) is 0 Å². The third-order valence-corrected chi connectivity index (χ3v) is 7.71. The van der Waals surface area contributed by atoms with E-state index >= 15 is 0 Å². The van der Waals surface area contributed by atoms with Crippen LogP contribution in [-0.4, -0.2) is 46.6 Å². The summed E-state index contributed by atoms with van der Waals surface area (Å²) in [6.45, 7) is 7.53. The van der Waals surface area contributed by atoms with Crippen LogP contribution in [0.15, 0.2) is 29.6 Å². The second-order valence-electron chi connectivity index (χ2n) is 10.1. The minimum Gasteiger partial charge on any atom is -0.481 e. The highest BCUT2D eigenvalue weighted by atomic mass is 32.1. The predicted molar refractivity (Wildman–Crippen MR) is 136 cm³/mol. The zero-order valence-electron chi connectivity index (χ0n) is 21.4. The summed E-state index contributed by atoms with van der Waals surface area (Å²) in [5, 5.41) is 14.1. The molecule has 0 aliphatic carbocycles. The topological polar surface area (TPSA) is 86.7 Å². The Labute approximate surface area is 218 Å². The molecule has 0 spiro atoms. The molecular formula is C27H33F3N2O4S. The summed E-state index contributed by atoms with van der Waals surface area (Å²) in [6.07, 6.45) is -5.53. The summed E-state index contributed by atoms with van der Waals surface area (Å²) in [5.41, 5.74) is 3.83. The fourth-order valence-corrected chi connectivity index (χ4v) is 5.98. The second kappa shape index (κ2) is 11.7. The van der Waals surface area contributed by atoms with Gasteiger partial charge in [0.2, 0.25) is 11.8 Å². The molecule has 1 saturated heterocycles. The van der Waals surface area contributed by atoms with Crippen molar-refractivity contribution in [2.24, 2.45) is 11.8 Å². The third kappa shape index (κ3) is 7.12. The van der Waals surface area contributed by atoms with Gasteiger partial charge in [-0.2, -0.15) is 13.2 Å². The largest absolute Gasteiger partial charge is 0.481 e. The lowest BCUT2D eigenvalue weighted by atomic mass is 9.92. The van der Waals surface area contributed by atoms with E-state index in [2.05, 4.69) is 5.32 Å². The molecule has 1 aromatic carbocycles. The molecule has 37 heavy (non-hydrogen) atoms. The first kappa shape index (κ1) is 28.7. The number of rotatable bonds is 9. The van der Waals surface area contributed by atoms with Gasteiger partial charge in [-0.1, -0.05) is 32.0 Å². The highest BCUT2D eigenvalue weighted by Gasteiger charge is 2.46. The molecule has 0 saturated carbocycles. The maximum atomic E-state index is 13.4. The number of alkyl halides is 3. The summed E-state index contributed by atoms with van der Waals surface area (Å²) in [7, 11) is 0. The van der Waals surface area contributed by atoms with Gasteiger partial charge >= 0.3 is 12.1 Å². The lowest BCUT2D eigenvalue weighted by Crippen LogP contribution is -2.54. The molecule has 2 heterocycles. The van der Waals surface area contributed by atoms with Gasteiger partial charge in [0, 0.05) is 17.8 Å². The van der Waals surface area contributed by atoms with E-state index < -0.39 is 48.4 Å². The third-order valence-electron chi connectivity index (χ3n) is 6.74. The van der Waals surface area contributed by atoms with Crippen molar-refractivity contribution in [2.75, 3.05) is 6.54 Å². The van der Waals surface area contributed by atoms with Gasteiger partial charge in [0.1, 0.15) is 6.04 Å². The van der Waals surface area contributed by atoms with E-state index in [-0.39, 0.29) is 31.7 Å². The van der Waals surface area contributed by atoms with Crippen molar-refractivity contribution in [1.29, 1.82) is 0 Å². The van der Waals surface area contributed by atoms with Crippen molar-refractivity contribution in [2.45, 2.75) is 71.6 Å². The Morgan fingerprint density at radius 3 is 2.41 bits per heavy atom. The SMILES string of the molecule is Cc1cccc(C)c1-c1cc(C(CC(=O)O)NC(=O)C(CC(C)C)N2CC[C@@H](C(F)(F)F)CC2=O)cs1. The molecule has 3 rings (SSSR count). The van der Waals surface area contributed by atoms with Crippen LogP contribution in [0.1, 0.15) is 62.3 Å². The second-order valence-corrected chi connectivity index (χ2v) is 11.0. The molecule has 2 unspecified atom stereocenters. The molecule has 10 heteroatoms. The molecule has 3 atom stereocenters. The van der Waals surface area contributed by atoms with Crippen LogP contribution in [-0.2, 0) is 14.4 Å². The maximum Gasteiger partial charge on any atom is 0.392 e. The van der Waals surface area contributed by atoms with E-state index in [0.717, 1.165) is 21.6 Å². The van der Waals surface area contributed by atoms with Gasteiger partial charge < -0.3 is 15.3 Å². The van der Waals surface area contributed by atoms with Crippen LogP contribution < -0.4 is 5.32 Å². The van der Waals surface area contributed by atoms with E-state index in [1.807, 2.05) is 57.3 Å². The number of halogens is 3. The number of nitrogens with zero attached hydrogens (tertiary/aromatic N) is 1. The van der Waals surface area contributed by atoms with Crippen LogP contribution in [0.5, 0.6) is 0 Å². The number of carboxylic acid groups (broad SMARTS) is 1. The Bertz CT molecular complexity index is 1120. The quantitative estimate of drug-likeness (QED) is 0.418. The number of aliphatic carboxylic acids is 1. The number of aryl methyl sites for hydroxylation is 2. The molecular weight excluding hydrogens is 505 g/mol. The first-order valence-corrected chi connectivity index (χ1v) is 13.2. The lowest BCUT2D eigenvalue weighted by molar-refractivity contribution is -0.191. The zero-order chi connectivity index (χ0) is 27.5. The number of benzene rings is 1. The first-order chi connectivity index (χ1) is 17.3. The molecule has 6 nitrogen and oxygen atoms in total. The minimum atomic E-state index is -4.46. The number of thiophene rings is 1. The summed E-state index contributed by atoms with van der Waals surface area (Å²) >= 11 is 1.45. The Morgan fingerprint density at radius 2 is 1.86 bits per heavy atom. The van der Waals surface area contributed by atoms with Gasteiger partial charge in [-0.15, -0.1) is 11.3 Å². The number of carbonyl (C=O) groups excluding carboxylic acids is 2. The average Bonchev–Trinajstić information content (AvgIpc) is 3.25. The Morgan fingerprint density at radius 1 is 1.22 bits per heavy atom. The van der Waals surface area contributed by atoms with E-state index in [1.54, 1.807) is 0 Å². The van der Waals surface area contributed by atoms with Gasteiger partial charge in [-0.3, -0.25) is 14.4 Å². The monoisotopic (exact) mass is 538 g/mol. The van der Waals surface area contributed by atoms with Gasteiger partial charge in [0.15, 0.2) is 0 Å². The molecule has 0 radical (unpaired) electrons. The fraction of sp³-hybridized carbons (Fsp3) is 0.519. The van der Waals surface area contributed by atoms with Gasteiger partial charge in [0.25, 0.3) is 0 Å². The summed E-state index contributed by atoms with van der Waals surface area (Å²) < 4.78 is 39.5. The zero-order valence-corrected chi connectivity index (χ0v) is 22.2. The maximum absolute atomic E-state index is 13.4. The molecule has 0 bridgehead atoms. The predicted octanol–water partition coefficient (Wildman–Crippen LogP) is 5.88. The minimum absolute atomic E-state index is 0.0152.